The zero-order valence-corrected chi connectivity index (χ0v) is 16.9. The van der Waals surface area contributed by atoms with Crippen molar-refractivity contribution in [3.63, 3.8) is 0 Å². The van der Waals surface area contributed by atoms with Crippen LogP contribution in [0.3, 0.4) is 0 Å². The smallest absolute Gasteiger partial charge is 0.107 e. The maximum atomic E-state index is 12.0. The van der Waals surface area contributed by atoms with E-state index in [1.165, 1.54) is 12.7 Å². The van der Waals surface area contributed by atoms with E-state index in [-0.39, 0.29) is 24.0 Å². The zero-order valence-electron chi connectivity index (χ0n) is 16.9. The van der Waals surface area contributed by atoms with Crippen LogP contribution in [0.15, 0.2) is 11.6 Å². The van der Waals surface area contributed by atoms with E-state index in [0.29, 0.717) is 25.2 Å². The molecule has 5 nitrogen and oxygen atoms in total. The van der Waals surface area contributed by atoms with Gasteiger partial charge in [0.25, 0.3) is 0 Å². The molecule has 27 heavy (non-hydrogen) atoms. The molecule has 0 spiro atoms. The average Bonchev–Trinajstić information content (AvgIpc) is 2.85. The maximum absolute atomic E-state index is 12.0. The van der Waals surface area contributed by atoms with E-state index >= 15 is 0 Å². The van der Waals surface area contributed by atoms with E-state index in [1.54, 1.807) is 0 Å². The Balaban J connectivity index is 1.70. The summed E-state index contributed by atoms with van der Waals surface area (Å²) in [6, 6.07) is 0. The predicted octanol–water partition coefficient (Wildman–Crippen LogP) is 2.16. The topological polar surface area (TPSA) is 90.2 Å². The Kier molecular flexibility index (Phi) is 4.60. The van der Waals surface area contributed by atoms with Gasteiger partial charge in [-0.25, -0.2) is 0 Å². The fraction of sp³-hybridized carbons (Fsp3) is 0.909. The molecule has 0 radical (unpaired) electrons. The van der Waals surface area contributed by atoms with Crippen molar-refractivity contribution in [2.75, 3.05) is 13.7 Å². The summed E-state index contributed by atoms with van der Waals surface area (Å²) in [4.78, 5) is 0. The summed E-state index contributed by atoms with van der Waals surface area (Å²) in [5.41, 5.74) is -1.65. The molecule has 8 atom stereocenters. The monoisotopic (exact) mass is 380 g/mol. The Morgan fingerprint density at radius 2 is 1.85 bits per heavy atom. The van der Waals surface area contributed by atoms with Gasteiger partial charge in [-0.3, -0.25) is 0 Å². The van der Waals surface area contributed by atoms with Gasteiger partial charge in [-0.05, 0) is 68.6 Å². The molecule has 4 aliphatic rings. The first kappa shape index (κ1) is 19.8. The van der Waals surface area contributed by atoms with Crippen molar-refractivity contribution in [3.05, 3.63) is 11.6 Å². The highest BCUT2D eigenvalue weighted by Gasteiger charge is 2.72. The third-order valence-corrected chi connectivity index (χ3v) is 9.35. The molecule has 0 amide bonds. The lowest BCUT2D eigenvalue weighted by molar-refractivity contribution is -0.241. The van der Waals surface area contributed by atoms with Crippen LogP contribution in [-0.4, -0.2) is 57.6 Å². The van der Waals surface area contributed by atoms with Crippen molar-refractivity contribution in [2.45, 2.75) is 88.6 Å². The standard InChI is InChI=1S/C22H36O5/c1-19-8-6-15(23)12-14(19)4-5-17-16(19)7-9-20(2)21(17,25)10-11-22(20,26)18(24)13-27-3/h4,15-18,23-26H,5-13H2,1-3H3/t15-,16-,17+,18-,19-,20-,21-,22+/m0/s1. The molecule has 0 aromatic rings. The van der Waals surface area contributed by atoms with Gasteiger partial charge in [0.1, 0.15) is 11.7 Å². The van der Waals surface area contributed by atoms with Crippen LogP contribution in [0.5, 0.6) is 0 Å². The number of aliphatic hydroxyl groups excluding tert-OH is 2. The summed E-state index contributed by atoms with van der Waals surface area (Å²) in [7, 11) is 1.53. The number of rotatable bonds is 3. The molecule has 4 rings (SSSR count). The Labute approximate surface area is 162 Å². The molecule has 3 fully saturated rings. The van der Waals surface area contributed by atoms with Gasteiger partial charge in [0.05, 0.1) is 18.3 Å². The van der Waals surface area contributed by atoms with Gasteiger partial charge >= 0.3 is 0 Å². The van der Waals surface area contributed by atoms with Crippen LogP contribution in [0.2, 0.25) is 0 Å². The molecule has 0 unspecified atom stereocenters. The molecular weight excluding hydrogens is 344 g/mol. The van der Waals surface area contributed by atoms with Gasteiger partial charge in [0.2, 0.25) is 0 Å². The van der Waals surface area contributed by atoms with Crippen LogP contribution < -0.4 is 0 Å². The SMILES string of the molecule is COC[C@H](O)[C@]1(O)CC[C@]2(O)[C@@H]3CC=C4C[C@@H](O)CC[C@]4(C)[C@H]3CC[C@]12C. The van der Waals surface area contributed by atoms with Gasteiger partial charge in [-0.1, -0.05) is 25.5 Å². The summed E-state index contributed by atoms with van der Waals surface area (Å²) in [5, 5.41) is 44.3. The molecule has 4 aliphatic carbocycles. The molecule has 0 aromatic heterocycles. The first-order valence-electron chi connectivity index (χ1n) is 10.6. The third kappa shape index (κ3) is 2.42. The lowest BCUT2D eigenvalue weighted by Gasteiger charge is -2.62. The Bertz CT molecular complexity index is 634. The van der Waals surface area contributed by atoms with E-state index in [2.05, 4.69) is 13.0 Å². The van der Waals surface area contributed by atoms with Crippen LogP contribution >= 0.6 is 0 Å². The maximum Gasteiger partial charge on any atom is 0.107 e. The van der Waals surface area contributed by atoms with Crippen LogP contribution in [0.1, 0.15) is 65.2 Å². The van der Waals surface area contributed by atoms with Gasteiger partial charge in [0.15, 0.2) is 0 Å². The summed E-state index contributed by atoms with van der Waals surface area (Å²) in [6.45, 7) is 4.37. The fourth-order valence-electron chi connectivity index (χ4n) is 7.49. The van der Waals surface area contributed by atoms with Crippen molar-refractivity contribution < 1.29 is 25.2 Å². The van der Waals surface area contributed by atoms with Gasteiger partial charge in [-0.2, -0.15) is 0 Å². The normalized spacial score (nSPS) is 53.1. The molecule has 0 aliphatic heterocycles. The van der Waals surface area contributed by atoms with Gasteiger partial charge in [0, 0.05) is 12.5 Å². The third-order valence-electron chi connectivity index (χ3n) is 9.35. The number of fused-ring (bicyclic) bond motifs is 5. The summed E-state index contributed by atoms with van der Waals surface area (Å²) in [5.74, 6) is 0.453. The summed E-state index contributed by atoms with van der Waals surface area (Å²) < 4.78 is 5.12. The van der Waals surface area contributed by atoms with Crippen molar-refractivity contribution in [2.24, 2.45) is 22.7 Å². The van der Waals surface area contributed by atoms with E-state index < -0.39 is 22.7 Å². The zero-order chi connectivity index (χ0) is 19.7. The first-order chi connectivity index (χ1) is 12.6. The lowest BCUT2D eigenvalue weighted by atomic mass is 9.45. The van der Waals surface area contributed by atoms with Crippen molar-refractivity contribution >= 4 is 0 Å². The second-order valence-corrected chi connectivity index (χ2v) is 10.2. The molecule has 0 aromatic carbocycles. The Hall–Kier alpha value is -0.460. The number of allylic oxidation sites excluding steroid dienone is 1. The fourth-order valence-corrected chi connectivity index (χ4v) is 7.49. The summed E-state index contributed by atoms with van der Waals surface area (Å²) in [6.07, 6.45) is 6.93. The van der Waals surface area contributed by atoms with Gasteiger partial charge in [-0.15, -0.1) is 0 Å². The molecule has 5 heteroatoms. The number of methoxy groups -OCH3 is 1. The highest BCUT2D eigenvalue weighted by molar-refractivity contribution is 5.30. The number of hydrogen-bond acceptors (Lipinski definition) is 5. The molecule has 4 N–H and O–H groups in total. The van der Waals surface area contributed by atoms with Crippen molar-refractivity contribution in [1.82, 2.24) is 0 Å². The number of aliphatic hydroxyl groups is 4. The van der Waals surface area contributed by atoms with E-state index in [0.717, 1.165) is 32.1 Å². The highest BCUT2D eigenvalue weighted by atomic mass is 16.5. The predicted molar refractivity (Wildman–Crippen MR) is 102 cm³/mol. The number of ether oxygens (including phenoxy) is 1. The van der Waals surface area contributed by atoms with Crippen LogP contribution in [-0.2, 0) is 4.74 Å². The Morgan fingerprint density at radius 1 is 1.11 bits per heavy atom. The second-order valence-electron chi connectivity index (χ2n) is 10.2. The summed E-state index contributed by atoms with van der Waals surface area (Å²) >= 11 is 0. The largest absolute Gasteiger partial charge is 0.393 e. The van der Waals surface area contributed by atoms with Crippen LogP contribution in [0.4, 0.5) is 0 Å². The van der Waals surface area contributed by atoms with Gasteiger partial charge < -0.3 is 25.2 Å². The second kappa shape index (κ2) is 6.27. The first-order valence-corrected chi connectivity index (χ1v) is 10.6. The quantitative estimate of drug-likeness (QED) is 0.564. The van der Waals surface area contributed by atoms with Crippen LogP contribution in [0, 0.1) is 22.7 Å². The van der Waals surface area contributed by atoms with Crippen molar-refractivity contribution in [1.29, 1.82) is 0 Å². The minimum absolute atomic E-state index is 0.0328. The average molecular weight is 381 g/mol. The van der Waals surface area contributed by atoms with E-state index in [1.807, 2.05) is 6.92 Å². The van der Waals surface area contributed by atoms with E-state index in [4.69, 9.17) is 4.74 Å². The minimum atomic E-state index is -1.32. The van der Waals surface area contributed by atoms with Crippen molar-refractivity contribution in [3.8, 4) is 0 Å². The lowest BCUT2D eigenvalue weighted by Crippen LogP contribution is -2.66. The molecule has 0 bridgehead atoms. The molecule has 154 valence electrons. The molecule has 0 saturated heterocycles. The molecular formula is C22H36O5. The van der Waals surface area contributed by atoms with Crippen LogP contribution in [0.25, 0.3) is 0 Å². The molecule has 3 saturated carbocycles. The molecule has 0 heterocycles. The number of hydrogen-bond donors (Lipinski definition) is 4. The highest BCUT2D eigenvalue weighted by Crippen LogP contribution is 2.69. The minimum Gasteiger partial charge on any atom is -0.393 e. The Morgan fingerprint density at radius 3 is 2.56 bits per heavy atom. The van der Waals surface area contributed by atoms with E-state index in [9.17, 15) is 20.4 Å².